The standard InChI is InChI=1S/C22H26F3N3O3/c1-21(2,3)30-20(29)28-11-15(13-6-8-17(9-7-13)22(23,24)25)10-16(12-28)19-26-18(27-31-19)14-4-5-14/h6-9,14-16H,4-5,10-12H2,1-3H3. The Hall–Kier alpha value is -2.58. The minimum Gasteiger partial charge on any atom is -0.444 e. The van der Waals surface area contributed by atoms with Crippen LogP contribution in [0.1, 0.15) is 80.6 Å². The molecule has 2 atom stereocenters. The van der Waals surface area contributed by atoms with Crippen LogP contribution in [0.5, 0.6) is 0 Å². The lowest BCUT2D eigenvalue weighted by atomic mass is 9.84. The molecule has 0 N–H and O–H groups in total. The van der Waals surface area contributed by atoms with E-state index in [4.69, 9.17) is 9.26 Å². The summed E-state index contributed by atoms with van der Waals surface area (Å²) < 4.78 is 49.9. The molecule has 6 nitrogen and oxygen atoms in total. The summed E-state index contributed by atoms with van der Waals surface area (Å²) in [5, 5.41) is 4.07. The maximum Gasteiger partial charge on any atom is 0.416 e. The van der Waals surface area contributed by atoms with Crippen molar-refractivity contribution in [1.82, 2.24) is 15.0 Å². The van der Waals surface area contributed by atoms with Crippen LogP contribution in [0, 0.1) is 0 Å². The van der Waals surface area contributed by atoms with E-state index in [-0.39, 0.29) is 11.8 Å². The van der Waals surface area contributed by atoms with Crippen LogP contribution in [0.4, 0.5) is 18.0 Å². The number of piperidine rings is 1. The molecule has 9 heteroatoms. The zero-order valence-corrected chi connectivity index (χ0v) is 17.8. The van der Waals surface area contributed by atoms with Gasteiger partial charge >= 0.3 is 12.3 Å². The number of likely N-dealkylation sites (tertiary alicyclic amines) is 1. The minimum atomic E-state index is -4.39. The molecule has 4 rings (SSSR count). The fourth-order valence-electron chi connectivity index (χ4n) is 3.86. The number of carbonyl (C=O) groups excluding carboxylic acids is 1. The number of benzene rings is 1. The molecule has 2 aromatic rings. The highest BCUT2D eigenvalue weighted by molar-refractivity contribution is 5.68. The number of carbonyl (C=O) groups is 1. The van der Waals surface area contributed by atoms with Gasteiger partial charge in [-0.25, -0.2) is 4.79 Å². The summed E-state index contributed by atoms with van der Waals surface area (Å²) in [5.41, 5.74) is -0.621. The molecule has 1 saturated carbocycles. The number of nitrogens with zero attached hydrogens (tertiary/aromatic N) is 3. The van der Waals surface area contributed by atoms with Crippen LogP contribution in [0.25, 0.3) is 0 Å². The Morgan fingerprint density at radius 2 is 1.71 bits per heavy atom. The topological polar surface area (TPSA) is 68.5 Å². The Balaban J connectivity index is 1.58. The van der Waals surface area contributed by atoms with E-state index in [1.54, 1.807) is 25.7 Å². The zero-order valence-electron chi connectivity index (χ0n) is 17.8. The number of aromatic nitrogens is 2. The molecule has 1 saturated heterocycles. The van der Waals surface area contributed by atoms with Crippen molar-refractivity contribution in [1.29, 1.82) is 0 Å². The first-order valence-electron chi connectivity index (χ1n) is 10.5. The lowest BCUT2D eigenvalue weighted by molar-refractivity contribution is -0.137. The van der Waals surface area contributed by atoms with Crippen molar-refractivity contribution in [2.24, 2.45) is 0 Å². The maximum atomic E-state index is 12.9. The Morgan fingerprint density at radius 1 is 1.06 bits per heavy atom. The Kier molecular flexibility index (Phi) is 5.47. The molecule has 1 aliphatic carbocycles. The fourth-order valence-corrected chi connectivity index (χ4v) is 3.86. The first kappa shape index (κ1) is 21.6. The second kappa shape index (κ2) is 7.84. The Labute approximate surface area is 178 Å². The molecule has 1 aliphatic heterocycles. The van der Waals surface area contributed by atoms with Crippen molar-refractivity contribution in [2.45, 2.75) is 69.6 Å². The highest BCUT2D eigenvalue weighted by Crippen LogP contribution is 2.41. The van der Waals surface area contributed by atoms with Crippen molar-refractivity contribution in [3.05, 3.63) is 47.1 Å². The number of rotatable bonds is 3. The normalized spacial score (nSPS) is 22.5. The monoisotopic (exact) mass is 437 g/mol. The van der Waals surface area contributed by atoms with E-state index in [0.717, 1.165) is 30.5 Å². The molecule has 1 amide bonds. The number of ether oxygens (including phenoxy) is 1. The summed E-state index contributed by atoms with van der Waals surface area (Å²) in [7, 11) is 0. The van der Waals surface area contributed by atoms with Gasteiger partial charge in [0.2, 0.25) is 5.89 Å². The van der Waals surface area contributed by atoms with Gasteiger partial charge in [0.25, 0.3) is 0 Å². The highest BCUT2D eigenvalue weighted by atomic mass is 19.4. The lowest BCUT2D eigenvalue weighted by Crippen LogP contribution is -2.45. The molecular formula is C22H26F3N3O3. The number of alkyl halides is 3. The fraction of sp³-hybridized carbons (Fsp3) is 0.591. The van der Waals surface area contributed by atoms with Gasteiger partial charge in [0, 0.05) is 24.9 Å². The van der Waals surface area contributed by atoms with Gasteiger partial charge in [-0.1, -0.05) is 17.3 Å². The van der Waals surface area contributed by atoms with Crippen LogP contribution < -0.4 is 0 Å². The van der Waals surface area contributed by atoms with Gasteiger partial charge in [-0.2, -0.15) is 18.2 Å². The molecule has 31 heavy (non-hydrogen) atoms. The summed E-state index contributed by atoms with van der Waals surface area (Å²) in [4.78, 5) is 18.9. The third-order valence-corrected chi connectivity index (χ3v) is 5.56. The molecule has 168 valence electrons. The van der Waals surface area contributed by atoms with E-state index >= 15 is 0 Å². The minimum absolute atomic E-state index is 0.176. The predicted octanol–water partition coefficient (Wildman–Crippen LogP) is 5.47. The molecule has 0 bridgehead atoms. The Morgan fingerprint density at radius 3 is 2.29 bits per heavy atom. The van der Waals surface area contributed by atoms with Gasteiger partial charge in [-0.3, -0.25) is 0 Å². The van der Waals surface area contributed by atoms with E-state index in [9.17, 15) is 18.0 Å². The van der Waals surface area contributed by atoms with Gasteiger partial charge in [-0.15, -0.1) is 0 Å². The number of hydrogen-bond donors (Lipinski definition) is 0. The first-order chi connectivity index (χ1) is 14.5. The second-order valence-electron chi connectivity index (χ2n) is 9.40. The summed E-state index contributed by atoms with van der Waals surface area (Å²) in [5.74, 6) is 1.11. The van der Waals surface area contributed by atoms with Crippen molar-refractivity contribution in [3.8, 4) is 0 Å². The average molecular weight is 437 g/mol. The highest BCUT2D eigenvalue weighted by Gasteiger charge is 2.38. The van der Waals surface area contributed by atoms with Crippen LogP contribution in [-0.4, -0.2) is 39.8 Å². The van der Waals surface area contributed by atoms with Gasteiger partial charge in [-0.05, 0) is 57.7 Å². The third kappa shape index (κ3) is 5.19. The van der Waals surface area contributed by atoms with E-state index in [1.165, 1.54) is 12.1 Å². The largest absolute Gasteiger partial charge is 0.444 e. The summed E-state index contributed by atoms with van der Waals surface area (Å²) in [6.07, 6.45) is -2.17. The smallest absolute Gasteiger partial charge is 0.416 e. The van der Waals surface area contributed by atoms with Crippen LogP contribution >= 0.6 is 0 Å². The SMILES string of the molecule is CC(C)(C)OC(=O)N1CC(c2ccc(C(F)(F)F)cc2)CC(c2nc(C3CC3)no2)C1. The predicted molar refractivity (Wildman–Crippen MR) is 106 cm³/mol. The van der Waals surface area contributed by atoms with Crippen molar-refractivity contribution in [3.63, 3.8) is 0 Å². The molecule has 1 aromatic heterocycles. The van der Waals surface area contributed by atoms with E-state index in [2.05, 4.69) is 10.1 Å². The van der Waals surface area contributed by atoms with Gasteiger partial charge in [0.15, 0.2) is 5.82 Å². The third-order valence-electron chi connectivity index (χ3n) is 5.56. The molecular weight excluding hydrogens is 411 g/mol. The van der Waals surface area contributed by atoms with Crippen LogP contribution in [0.2, 0.25) is 0 Å². The number of hydrogen-bond acceptors (Lipinski definition) is 5. The van der Waals surface area contributed by atoms with E-state index in [1.807, 2.05) is 0 Å². The van der Waals surface area contributed by atoms with Crippen LogP contribution in [-0.2, 0) is 10.9 Å². The van der Waals surface area contributed by atoms with E-state index in [0.29, 0.717) is 37.1 Å². The molecule has 2 unspecified atom stereocenters. The molecule has 2 heterocycles. The molecule has 2 aliphatic rings. The number of amides is 1. The van der Waals surface area contributed by atoms with Crippen LogP contribution in [0.15, 0.2) is 28.8 Å². The van der Waals surface area contributed by atoms with Crippen molar-refractivity contribution < 1.29 is 27.2 Å². The van der Waals surface area contributed by atoms with Gasteiger partial charge in [0.1, 0.15) is 5.60 Å². The average Bonchev–Trinajstić information content (AvgIpc) is 3.42. The van der Waals surface area contributed by atoms with Gasteiger partial charge in [0.05, 0.1) is 11.5 Å². The molecule has 0 radical (unpaired) electrons. The maximum absolute atomic E-state index is 12.9. The molecule has 2 fully saturated rings. The quantitative estimate of drug-likeness (QED) is 0.637. The molecule has 0 spiro atoms. The zero-order chi connectivity index (χ0) is 22.4. The van der Waals surface area contributed by atoms with Crippen molar-refractivity contribution >= 4 is 6.09 Å². The second-order valence-corrected chi connectivity index (χ2v) is 9.40. The molecule has 1 aromatic carbocycles. The number of halogens is 3. The Bertz CT molecular complexity index is 930. The summed E-state index contributed by atoms with van der Waals surface area (Å²) in [6, 6.07) is 5.11. The van der Waals surface area contributed by atoms with Crippen molar-refractivity contribution in [2.75, 3.05) is 13.1 Å². The van der Waals surface area contributed by atoms with Gasteiger partial charge < -0.3 is 14.2 Å². The first-order valence-corrected chi connectivity index (χ1v) is 10.5. The van der Waals surface area contributed by atoms with Crippen LogP contribution in [0.3, 0.4) is 0 Å². The summed E-state index contributed by atoms with van der Waals surface area (Å²) >= 11 is 0. The van der Waals surface area contributed by atoms with E-state index < -0.39 is 23.4 Å². The lowest BCUT2D eigenvalue weighted by Gasteiger charge is -2.37. The summed E-state index contributed by atoms with van der Waals surface area (Å²) in [6.45, 7) is 6.08.